The van der Waals surface area contributed by atoms with Gasteiger partial charge in [0, 0.05) is 151 Å². The van der Waals surface area contributed by atoms with E-state index >= 15 is 0 Å². The number of hydrogen-bond acceptors (Lipinski definition) is 26. The Morgan fingerprint density at radius 3 is 0.891 bits per heavy atom. The van der Waals surface area contributed by atoms with Crippen LogP contribution in [0, 0.1) is 0 Å². The fourth-order valence-electron chi connectivity index (χ4n) is 7.55. The number of rotatable bonds is 54. The fourth-order valence-corrected chi connectivity index (χ4v) is 20.8. The molecule has 0 aliphatic rings. The van der Waals surface area contributed by atoms with Crippen LogP contribution in [0.2, 0.25) is 18.1 Å². The van der Waals surface area contributed by atoms with Crippen LogP contribution in [0.1, 0.15) is 149 Å². The van der Waals surface area contributed by atoms with Crippen molar-refractivity contribution in [3.63, 3.8) is 0 Å². The van der Waals surface area contributed by atoms with Crippen LogP contribution in [0.15, 0.2) is 125 Å². The second kappa shape index (κ2) is 69.1. The Kier molecular flexibility index (Phi) is 75.6. The summed E-state index contributed by atoms with van der Waals surface area (Å²) in [5, 5.41) is 0. The molecule has 0 saturated carbocycles. The van der Waals surface area contributed by atoms with E-state index in [0.717, 1.165) is 45.4 Å². The number of allylic oxidation sites excluding steroid dienone is 2. The van der Waals surface area contributed by atoms with E-state index in [1.54, 1.807) is 91.0 Å². The van der Waals surface area contributed by atoms with E-state index in [4.69, 9.17) is 97.7 Å². The van der Waals surface area contributed by atoms with Crippen LogP contribution >= 0.6 is 0 Å². The monoisotopic (exact) mass is 1560 g/mol. The van der Waals surface area contributed by atoms with Crippen LogP contribution in [-0.4, -0.2) is 213 Å². The molecule has 0 saturated heterocycles. The normalized spacial score (nSPS) is 11.4. The molecule has 0 atom stereocenters. The third-order valence-corrected chi connectivity index (χ3v) is 30.0. The van der Waals surface area contributed by atoms with Crippen LogP contribution in [0.3, 0.4) is 0 Å². The van der Waals surface area contributed by atoms with Crippen LogP contribution in [0.25, 0.3) is 0 Å². The molecule has 0 aliphatic heterocycles. The van der Waals surface area contributed by atoms with Gasteiger partial charge in [-0.25, -0.2) is 4.79 Å². The van der Waals surface area contributed by atoms with Gasteiger partial charge >= 0.3 is 67.6 Å². The SMILES string of the molecule is C=C(C)C(=O)OCCC[Si](OC)(OC)OC.C=CCCCCCC[Si](OC)(OC)OC.C=CCO[Si](C=C)(OCC=C)OCC=C.C=CC[Si](OCC)(OCC)OCC.C=C[Si](OC(C)=O)(OC(C)=O)OC(C)=O.C=C[Si](OC(C)C)(OC(C)C)OC(C)C.C=C[Si](OCC)(OCC)OCC. The molecule has 0 rings (SSSR count). The van der Waals surface area contributed by atoms with Crippen molar-refractivity contribution < 1.29 is 117 Å². The highest BCUT2D eigenvalue weighted by molar-refractivity contribution is 6.70. The Morgan fingerprint density at radius 1 is 0.356 bits per heavy atom. The molecule has 33 heteroatoms. The van der Waals surface area contributed by atoms with Gasteiger partial charge in [0.2, 0.25) is 0 Å². The quantitative estimate of drug-likeness (QED) is 0.0180. The third-order valence-electron chi connectivity index (χ3n) is 11.5. The largest absolute Gasteiger partial charge is 0.734 e. The molecule has 0 bridgehead atoms. The predicted molar refractivity (Wildman–Crippen MR) is 414 cm³/mol. The van der Waals surface area contributed by atoms with Gasteiger partial charge in [0.15, 0.2) is 0 Å². The summed E-state index contributed by atoms with van der Waals surface area (Å²) in [6, 6.07) is 2.20. The van der Waals surface area contributed by atoms with Gasteiger partial charge in [0.1, 0.15) is 0 Å². The molecule has 0 N–H and O–H groups in total. The van der Waals surface area contributed by atoms with E-state index in [9.17, 15) is 19.2 Å². The molecule has 0 aromatic rings. The van der Waals surface area contributed by atoms with Crippen LogP contribution in [0.5, 0.6) is 0 Å². The average molecular weight is 1570 g/mol. The highest BCUT2D eigenvalue weighted by atomic mass is 28.4. The van der Waals surface area contributed by atoms with E-state index in [-0.39, 0.29) is 24.3 Å². The van der Waals surface area contributed by atoms with Gasteiger partial charge in [-0.15, -0.1) is 32.9 Å². The first kappa shape index (κ1) is 110. The zero-order chi connectivity index (χ0) is 79.5. The van der Waals surface area contributed by atoms with Gasteiger partial charge in [-0.05, 0) is 133 Å². The second-order valence-electron chi connectivity index (χ2n) is 20.9. The molecule has 0 fully saturated rings. The summed E-state index contributed by atoms with van der Waals surface area (Å²) < 4.78 is 118. The first-order valence-electron chi connectivity index (χ1n) is 33.7. The Balaban J connectivity index is -0.000000204. The summed E-state index contributed by atoms with van der Waals surface area (Å²) in [4.78, 5) is 43.4. The van der Waals surface area contributed by atoms with Crippen molar-refractivity contribution in [3.05, 3.63) is 125 Å². The molecule has 0 heterocycles. The van der Waals surface area contributed by atoms with Crippen molar-refractivity contribution in [2.24, 2.45) is 0 Å². The topological polar surface area (TPSA) is 271 Å². The summed E-state index contributed by atoms with van der Waals surface area (Å²) in [5.74, 6) is -2.53. The lowest BCUT2D eigenvalue weighted by molar-refractivity contribution is -0.147. The predicted octanol–water partition coefficient (Wildman–Crippen LogP) is 13.9. The van der Waals surface area contributed by atoms with E-state index in [1.807, 2.05) is 89.2 Å². The minimum atomic E-state index is -3.74. The Morgan fingerprint density at radius 2 is 0.653 bits per heavy atom. The van der Waals surface area contributed by atoms with Crippen LogP contribution in [-0.2, 0) is 117 Å². The Labute approximate surface area is 618 Å². The smallest absolute Gasteiger partial charge is 0.462 e. The van der Waals surface area contributed by atoms with Crippen molar-refractivity contribution in [2.45, 2.75) is 186 Å². The van der Waals surface area contributed by atoms with E-state index in [0.29, 0.717) is 90.2 Å². The average Bonchev–Trinajstić information content (AvgIpc) is 0.898. The van der Waals surface area contributed by atoms with Gasteiger partial charge < -0.3 is 97.7 Å². The first-order chi connectivity index (χ1) is 47.6. The molecule has 101 heavy (non-hydrogen) atoms. The zero-order valence-electron chi connectivity index (χ0n) is 66.0. The Hall–Kier alpha value is -3.92. The van der Waals surface area contributed by atoms with E-state index < -0.39 is 79.5 Å². The standard InChI is InChI=1S/2C11H24O3Si.C11H18O3Si.C10H20O5Si.C9H20O3Si.C8H12O6Si.C8H18O3Si/c1-8-15(12-9(2)3,13-10(4)5)14-11(6)7;1-5-6-7-8-9-10-11-15(12-2,13-3)14-4;1-5-9-12-15(8-4,13-10-6-2)14-11-7-3;1-9(2)10(11)15-7-6-8-16(12-3,13-4)14-5;1-5-9-13(10-6-2,11-7-3)12-8-4;1-5-15(12-6(2)9,13-7(3)10)14-8(4)11;1-5-9-12(8-4,10-6-2)11-7-3/h8-11H,1H2,2-7H3;5H,1,6-11H2,2-4H3;5-8H,1-4,9-11H2;1,6-8H2,2-5H3;5H,1,6-9H2,2-4H3;5H,1H2,2-4H3;8H,4-7H2,1-3H3. The first-order valence-corrected chi connectivity index (χ1v) is 46.7. The molecular formula is C68H136O26Si7. The summed E-state index contributed by atoms with van der Waals surface area (Å²) in [5.41, 5.74) is 6.39. The molecule has 0 aromatic heterocycles. The lowest BCUT2D eigenvalue weighted by atomic mass is 10.1. The van der Waals surface area contributed by atoms with Gasteiger partial charge in [-0.3, -0.25) is 14.4 Å². The summed E-state index contributed by atoms with van der Waals surface area (Å²) in [7, 11) is -9.32. The van der Waals surface area contributed by atoms with Crippen molar-refractivity contribution in [2.75, 3.05) is 109 Å². The van der Waals surface area contributed by atoms with Gasteiger partial charge in [0.25, 0.3) is 17.9 Å². The summed E-state index contributed by atoms with van der Waals surface area (Å²) >= 11 is 0. The van der Waals surface area contributed by atoms with Gasteiger partial charge in [-0.1, -0.05) is 76.1 Å². The van der Waals surface area contributed by atoms with E-state index in [1.165, 1.54) is 19.3 Å². The Bertz CT molecular complexity index is 2050. The fraction of sp³-hybridized carbons (Fsp3) is 0.647. The lowest BCUT2D eigenvalue weighted by Gasteiger charge is -2.31. The van der Waals surface area contributed by atoms with Gasteiger partial charge in [0.05, 0.1) is 26.4 Å². The van der Waals surface area contributed by atoms with E-state index in [2.05, 4.69) is 65.8 Å². The number of unbranched alkanes of at least 4 members (excludes halogenated alkanes) is 4. The molecule has 592 valence electrons. The summed E-state index contributed by atoms with van der Waals surface area (Å²) in [6.07, 6.45) is 15.5. The van der Waals surface area contributed by atoms with Crippen LogP contribution in [0.4, 0.5) is 0 Å². The molecule has 26 nitrogen and oxygen atoms in total. The maximum atomic E-state index is 11.1. The number of ether oxygens (including phenoxy) is 1. The van der Waals surface area contributed by atoms with Gasteiger partial charge in [-0.2, -0.15) is 0 Å². The number of hydrogen-bond donors (Lipinski definition) is 0. The highest BCUT2D eigenvalue weighted by Crippen LogP contribution is 2.21. The molecule has 0 aromatic carbocycles. The maximum Gasteiger partial charge on any atom is 0.734 e. The van der Waals surface area contributed by atoms with Crippen LogP contribution < -0.4 is 0 Å². The molecular weight excluding hydrogens is 1430 g/mol. The number of carbonyl (C=O) groups excluding carboxylic acids is 4. The highest BCUT2D eigenvalue weighted by Gasteiger charge is 2.49. The zero-order valence-corrected chi connectivity index (χ0v) is 73.0. The molecule has 0 radical (unpaired) electrons. The second-order valence-corrected chi connectivity index (χ2v) is 39.3. The molecule has 0 amide bonds. The maximum absolute atomic E-state index is 11.1. The minimum Gasteiger partial charge on any atom is -0.462 e. The van der Waals surface area contributed by atoms with Crippen molar-refractivity contribution in [3.8, 4) is 0 Å². The number of carbonyl (C=O) groups is 4. The third kappa shape index (κ3) is 59.0. The van der Waals surface area contributed by atoms with Crippen molar-refractivity contribution in [1.29, 1.82) is 0 Å². The lowest BCUT2D eigenvalue weighted by Crippen LogP contribution is -2.49. The molecule has 0 aliphatic carbocycles. The van der Waals surface area contributed by atoms with Crippen molar-refractivity contribution in [1.82, 2.24) is 0 Å². The number of esters is 1. The van der Waals surface area contributed by atoms with Crippen molar-refractivity contribution >= 4 is 85.5 Å². The minimum absolute atomic E-state index is 0.0761. The molecule has 0 spiro atoms. The molecule has 0 unspecified atom stereocenters. The summed E-state index contributed by atoms with van der Waals surface area (Å²) in [6.45, 7) is 69.5.